The largest absolute Gasteiger partial charge is 0.496 e. The second kappa shape index (κ2) is 12.2. The molecule has 0 fully saturated rings. The zero-order valence-electron chi connectivity index (χ0n) is 24.4. The SMILES string of the molecule is COc1cc(C=Nn2c(-c3cc4c(OC)cccc4o3)nc3ccccc3c2=O)cc(OC)c1OCc1ccc([N+](=O)[O-])cc1. The van der Waals surface area contributed by atoms with E-state index in [1.807, 2.05) is 12.1 Å². The maximum Gasteiger partial charge on any atom is 0.282 e. The second-order valence-corrected chi connectivity index (χ2v) is 9.76. The van der Waals surface area contributed by atoms with Gasteiger partial charge in [-0.25, -0.2) is 4.98 Å². The van der Waals surface area contributed by atoms with Gasteiger partial charge >= 0.3 is 0 Å². The monoisotopic (exact) mass is 606 g/mol. The van der Waals surface area contributed by atoms with E-state index in [4.69, 9.17) is 28.3 Å². The number of aromatic nitrogens is 2. The Hall–Kier alpha value is -6.17. The molecule has 4 aromatic carbocycles. The molecule has 0 bridgehead atoms. The average molecular weight is 607 g/mol. The van der Waals surface area contributed by atoms with Crippen molar-refractivity contribution in [1.29, 1.82) is 0 Å². The number of nitro benzene ring substituents is 1. The van der Waals surface area contributed by atoms with Crippen LogP contribution in [-0.2, 0) is 6.61 Å². The van der Waals surface area contributed by atoms with E-state index in [0.717, 1.165) is 5.39 Å². The van der Waals surface area contributed by atoms with Crippen molar-refractivity contribution in [3.8, 4) is 34.6 Å². The lowest BCUT2D eigenvalue weighted by atomic mass is 10.2. The van der Waals surface area contributed by atoms with E-state index in [2.05, 4.69) is 5.10 Å². The van der Waals surface area contributed by atoms with Gasteiger partial charge in [-0.3, -0.25) is 14.9 Å². The molecule has 0 aliphatic heterocycles. The van der Waals surface area contributed by atoms with E-state index < -0.39 is 4.92 Å². The van der Waals surface area contributed by atoms with E-state index in [1.54, 1.807) is 67.8 Å². The molecule has 0 saturated heterocycles. The van der Waals surface area contributed by atoms with Crippen molar-refractivity contribution in [1.82, 2.24) is 9.66 Å². The van der Waals surface area contributed by atoms with Crippen molar-refractivity contribution in [2.24, 2.45) is 5.10 Å². The first-order chi connectivity index (χ1) is 21.9. The summed E-state index contributed by atoms with van der Waals surface area (Å²) >= 11 is 0. The molecule has 2 heterocycles. The lowest BCUT2D eigenvalue weighted by Crippen LogP contribution is -2.20. The van der Waals surface area contributed by atoms with E-state index in [-0.39, 0.29) is 23.7 Å². The summed E-state index contributed by atoms with van der Waals surface area (Å²) in [4.78, 5) is 28.9. The van der Waals surface area contributed by atoms with Crippen molar-refractivity contribution < 1.29 is 28.3 Å². The summed E-state index contributed by atoms with van der Waals surface area (Å²) < 4.78 is 29.9. The number of ether oxygens (including phenoxy) is 4. The number of furan rings is 1. The first-order valence-electron chi connectivity index (χ1n) is 13.7. The Morgan fingerprint density at radius 1 is 0.889 bits per heavy atom. The van der Waals surface area contributed by atoms with Crippen LogP contribution >= 0.6 is 0 Å². The standard InChI is InChI=1S/C33H26N4O8/c1-41-26-9-6-10-27-24(26)17-30(45-27)32-35-25-8-5-4-7-23(25)33(38)36(32)34-18-21-15-28(42-2)31(29(16-21)43-3)44-19-20-11-13-22(14-12-20)37(39)40/h4-18H,19H2,1-3H3. The van der Waals surface area contributed by atoms with Crippen LogP contribution < -0.4 is 24.5 Å². The zero-order chi connectivity index (χ0) is 31.5. The summed E-state index contributed by atoms with van der Waals surface area (Å²) in [5.74, 6) is 2.19. The van der Waals surface area contributed by atoms with Gasteiger partial charge in [0.15, 0.2) is 17.3 Å². The van der Waals surface area contributed by atoms with Crippen LogP contribution in [0.2, 0.25) is 0 Å². The maximum atomic E-state index is 13.7. The number of rotatable bonds is 10. The molecule has 0 N–H and O–H groups in total. The Morgan fingerprint density at radius 2 is 1.60 bits per heavy atom. The van der Waals surface area contributed by atoms with Crippen molar-refractivity contribution in [2.45, 2.75) is 6.61 Å². The molecule has 0 aliphatic rings. The van der Waals surface area contributed by atoms with E-state index in [9.17, 15) is 14.9 Å². The molecule has 45 heavy (non-hydrogen) atoms. The number of non-ortho nitro benzene ring substituents is 1. The second-order valence-electron chi connectivity index (χ2n) is 9.76. The van der Waals surface area contributed by atoms with Crippen LogP contribution in [0.15, 0.2) is 99.2 Å². The first kappa shape index (κ1) is 28.9. The van der Waals surface area contributed by atoms with Crippen LogP contribution in [0.1, 0.15) is 11.1 Å². The van der Waals surface area contributed by atoms with Gasteiger partial charge in [-0.1, -0.05) is 18.2 Å². The summed E-state index contributed by atoms with van der Waals surface area (Å²) in [5.41, 5.74) is 1.93. The quantitative estimate of drug-likeness (QED) is 0.101. The van der Waals surface area contributed by atoms with E-state index >= 15 is 0 Å². The zero-order valence-corrected chi connectivity index (χ0v) is 24.4. The molecule has 0 aliphatic carbocycles. The molecule has 6 aromatic rings. The van der Waals surface area contributed by atoms with Crippen LogP contribution in [0.25, 0.3) is 33.5 Å². The lowest BCUT2D eigenvalue weighted by Gasteiger charge is -2.15. The number of fused-ring (bicyclic) bond motifs is 2. The molecule has 0 saturated carbocycles. The third-order valence-corrected chi connectivity index (χ3v) is 7.05. The van der Waals surface area contributed by atoms with Gasteiger partial charge in [-0.2, -0.15) is 9.78 Å². The van der Waals surface area contributed by atoms with Gasteiger partial charge in [0.25, 0.3) is 11.2 Å². The van der Waals surface area contributed by atoms with Crippen LogP contribution in [0, 0.1) is 10.1 Å². The fourth-order valence-corrected chi connectivity index (χ4v) is 4.82. The molecule has 12 heteroatoms. The van der Waals surface area contributed by atoms with Gasteiger partial charge < -0.3 is 23.4 Å². The predicted octanol–water partition coefficient (Wildman–Crippen LogP) is 6.20. The van der Waals surface area contributed by atoms with Crippen molar-refractivity contribution in [3.05, 3.63) is 117 Å². The molecule has 2 aromatic heterocycles. The summed E-state index contributed by atoms with van der Waals surface area (Å²) in [5, 5.41) is 16.6. The molecule has 6 rings (SSSR count). The average Bonchev–Trinajstić information content (AvgIpc) is 3.51. The van der Waals surface area contributed by atoms with Crippen molar-refractivity contribution >= 4 is 33.8 Å². The van der Waals surface area contributed by atoms with E-state index in [1.165, 1.54) is 37.2 Å². The van der Waals surface area contributed by atoms with Crippen LogP contribution in [0.3, 0.4) is 0 Å². The van der Waals surface area contributed by atoms with Gasteiger partial charge in [0.1, 0.15) is 17.9 Å². The number of methoxy groups -OCH3 is 3. The third kappa shape index (κ3) is 5.64. The smallest absolute Gasteiger partial charge is 0.282 e. The highest BCUT2D eigenvalue weighted by Crippen LogP contribution is 2.39. The molecular formula is C33H26N4O8. The Balaban J connectivity index is 1.39. The topological polar surface area (TPSA) is 140 Å². The molecular weight excluding hydrogens is 580 g/mol. The van der Waals surface area contributed by atoms with Crippen LogP contribution in [0.4, 0.5) is 5.69 Å². The number of nitro groups is 1. The van der Waals surface area contributed by atoms with Crippen LogP contribution in [0.5, 0.6) is 23.0 Å². The molecule has 0 amide bonds. The molecule has 0 spiro atoms. The van der Waals surface area contributed by atoms with E-state index in [0.29, 0.717) is 56.4 Å². The number of benzene rings is 4. The van der Waals surface area contributed by atoms with Gasteiger partial charge in [0.05, 0.1) is 48.8 Å². The Morgan fingerprint density at radius 3 is 2.29 bits per heavy atom. The lowest BCUT2D eigenvalue weighted by molar-refractivity contribution is -0.384. The Bertz CT molecular complexity index is 2110. The highest BCUT2D eigenvalue weighted by molar-refractivity contribution is 5.89. The predicted molar refractivity (Wildman–Crippen MR) is 168 cm³/mol. The highest BCUT2D eigenvalue weighted by atomic mass is 16.6. The first-order valence-corrected chi connectivity index (χ1v) is 13.7. The summed E-state index contributed by atoms with van der Waals surface area (Å²) in [6.07, 6.45) is 1.48. The maximum absolute atomic E-state index is 13.7. The Labute approximate surface area is 255 Å². The number of hydrogen-bond donors (Lipinski definition) is 0. The number of nitrogens with zero attached hydrogens (tertiary/aromatic N) is 4. The van der Waals surface area contributed by atoms with Gasteiger partial charge in [0.2, 0.25) is 11.6 Å². The van der Waals surface area contributed by atoms with Crippen molar-refractivity contribution in [2.75, 3.05) is 21.3 Å². The fraction of sp³-hybridized carbons (Fsp3) is 0.121. The number of para-hydroxylation sites is 1. The van der Waals surface area contributed by atoms with Gasteiger partial charge in [-0.05, 0) is 60.2 Å². The minimum Gasteiger partial charge on any atom is -0.496 e. The van der Waals surface area contributed by atoms with Gasteiger partial charge in [-0.15, -0.1) is 0 Å². The molecule has 0 atom stereocenters. The minimum atomic E-state index is -0.462. The normalized spacial score (nSPS) is 11.3. The Kier molecular flexibility index (Phi) is 7.85. The fourth-order valence-electron chi connectivity index (χ4n) is 4.82. The molecule has 226 valence electrons. The third-order valence-electron chi connectivity index (χ3n) is 7.05. The molecule has 0 radical (unpaired) electrons. The highest BCUT2D eigenvalue weighted by Gasteiger charge is 2.19. The number of hydrogen-bond acceptors (Lipinski definition) is 10. The summed E-state index contributed by atoms with van der Waals surface area (Å²) in [6.45, 7) is 0.113. The summed E-state index contributed by atoms with van der Waals surface area (Å²) in [7, 11) is 4.55. The van der Waals surface area contributed by atoms with Crippen LogP contribution in [-0.4, -0.2) is 42.1 Å². The summed E-state index contributed by atoms with van der Waals surface area (Å²) in [6, 6.07) is 23.6. The van der Waals surface area contributed by atoms with Crippen molar-refractivity contribution in [3.63, 3.8) is 0 Å². The van der Waals surface area contributed by atoms with Gasteiger partial charge in [0, 0.05) is 17.7 Å². The molecule has 12 nitrogen and oxygen atoms in total. The molecule has 0 unspecified atom stereocenters. The minimum absolute atomic E-state index is 0.0125.